The number of hydrogen-bond acceptors (Lipinski definition) is 8. The van der Waals surface area contributed by atoms with E-state index >= 15 is 0 Å². The van der Waals surface area contributed by atoms with Gasteiger partial charge in [0.2, 0.25) is 6.29 Å². The Balaban J connectivity index is 2.67. The number of alkyl carbamates (subject to hydrolysis) is 1. The molecule has 10 heteroatoms. The minimum Gasteiger partial charge on any atom is -0.461 e. The summed E-state index contributed by atoms with van der Waals surface area (Å²) in [5.41, 5.74) is -0.747. The van der Waals surface area contributed by atoms with Crippen molar-refractivity contribution < 1.29 is 33.4 Å². The van der Waals surface area contributed by atoms with Crippen LogP contribution in [0.4, 0.5) is 4.79 Å². The minimum absolute atomic E-state index is 0.133. The highest BCUT2D eigenvalue weighted by molar-refractivity contribution is 6.65. The molecule has 1 heterocycles. The van der Waals surface area contributed by atoms with Gasteiger partial charge in [-0.2, -0.15) is 0 Å². The Morgan fingerprint density at radius 1 is 1.19 bits per heavy atom. The number of carbonyl (C=O) groups excluding carboxylic acids is 3. The van der Waals surface area contributed by atoms with Crippen LogP contribution in [-0.4, -0.2) is 47.7 Å². The van der Waals surface area contributed by atoms with Crippen LogP contribution in [-0.2, 0) is 28.6 Å². The molecule has 0 saturated heterocycles. The van der Waals surface area contributed by atoms with Gasteiger partial charge in [0, 0.05) is 13.3 Å². The maximum Gasteiger partial charge on any atom is 0.411 e. The Bertz CT molecular complexity index is 571. The quantitative estimate of drug-likeness (QED) is 0.545. The third-order valence-corrected chi connectivity index (χ3v) is 3.29. The van der Waals surface area contributed by atoms with Crippen LogP contribution in [0.5, 0.6) is 0 Å². The van der Waals surface area contributed by atoms with Gasteiger partial charge in [0.15, 0.2) is 12.1 Å². The van der Waals surface area contributed by atoms with E-state index in [9.17, 15) is 14.4 Å². The van der Waals surface area contributed by atoms with Crippen molar-refractivity contribution in [2.45, 2.75) is 72.5 Å². The fraction of sp³-hybridized carbons (Fsp3) is 0.750. The second-order valence-corrected chi connectivity index (χ2v) is 7.49. The van der Waals surface area contributed by atoms with Crippen LogP contribution in [0.15, 0.2) is 5.16 Å². The van der Waals surface area contributed by atoms with Crippen molar-refractivity contribution in [3.63, 3.8) is 0 Å². The number of halogens is 1. The summed E-state index contributed by atoms with van der Waals surface area (Å²) < 4.78 is 15.1. The van der Waals surface area contributed by atoms with E-state index in [-0.39, 0.29) is 11.6 Å². The standard InChI is InChI=1S/C16H25ClN2O7/c1-8(2)23-13(20)12(10-7-11(17)19-26-10)18-15(22)25-9(3)24-14(21)16(4,5)6/h8-10,12H,7H2,1-6H3,(H,18,22). The van der Waals surface area contributed by atoms with Gasteiger partial charge in [-0.3, -0.25) is 4.79 Å². The molecule has 0 aliphatic carbocycles. The highest BCUT2D eigenvalue weighted by Crippen LogP contribution is 2.19. The fourth-order valence-electron chi connectivity index (χ4n) is 1.82. The van der Waals surface area contributed by atoms with Crippen LogP contribution in [0.2, 0.25) is 0 Å². The number of amides is 1. The maximum atomic E-state index is 12.2. The highest BCUT2D eigenvalue weighted by atomic mass is 35.5. The summed E-state index contributed by atoms with van der Waals surface area (Å²) in [6, 6.07) is -1.18. The maximum absolute atomic E-state index is 12.2. The predicted octanol–water partition coefficient (Wildman–Crippen LogP) is 2.31. The van der Waals surface area contributed by atoms with Crippen LogP contribution in [0.3, 0.4) is 0 Å². The summed E-state index contributed by atoms with van der Waals surface area (Å²) >= 11 is 5.75. The van der Waals surface area contributed by atoms with Crippen molar-refractivity contribution in [2.75, 3.05) is 0 Å². The summed E-state index contributed by atoms with van der Waals surface area (Å²) in [6.45, 7) is 9.72. The van der Waals surface area contributed by atoms with E-state index in [2.05, 4.69) is 10.5 Å². The Labute approximate surface area is 157 Å². The molecule has 0 fully saturated rings. The van der Waals surface area contributed by atoms with Gasteiger partial charge >= 0.3 is 18.0 Å². The molecule has 3 unspecified atom stereocenters. The molecule has 0 aromatic heterocycles. The topological polar surface area (TPSA) is 113 Å². The summed E-state index contributed by atoms with van der Waals surface area (Å²) in [6.07, 6.45) is -3.21. The zero-order valence-corrected chi connectivity index (χ0v) is 16.5. The first-order valence-electron chi connectivity index (χ1n) is 8.17. The number of nitrogens with zero attached hydrogens (tertiary/aromatic N) is 1. The first-order chi connectivity index (χ1) is 11.9. The lowest BCUT2D eigenvalue weighted by Gasteiger charge is -2.24. The van der Waals surface area contributed by atoms with E-state index in [0.717, 1.165) is 0 Å². The van der Waals surface area contributed by atoms with Gasteiger partial charge in [0.25, 0.3) is 0 Å². The van der Waals surface area contributed by atoms with E-state index in [1.54, 1.807) is 34.6 Å². The molecule has 0 spiro atoms. The second-order valence-electron chi connectivity index (χ2n) is 7.05. The molecule has 1 rings (SSSR count). The minimum atomic E-state index is -1.18. The number of nitrogens with one attached hydrogen (secondary N) is 1. The largest absolute Gasteiger partial charge is 0.461 e. The Morgan fingerprint density at radius 2 is 1.81 bits per heavy atom. The number of oxime groups is 1. The summed E-state index contributed by atoms with van der Waals surface area (Å²) in [5, 5.41) is 6.06. The monoisotopic (exact) mass is 392 g/mol. The van der Waals surface area contributed by atoms with Crippen molar-refractivity contribution in [2.24, 2.45) is 10.6 Å². The highest BCUT2D eigenvalue weighted by Gasteiger charge is 2.38. The van der Waals surface area contributed by atoms with Gasteiger partial charge in [0.05, 0.1) is 11.5 Å². The summed E-state index contributed by atoms with van der Waals surface area (Å²) in [4.78, 5) is 41.1. The molecule has 9 nitrogen and oxygen atoms in total. The normalized spacial score (nSPS) is 19.1. The molecule has 26 heavy (non-hydrogen) atoms. The third kappa shape index (κ3) is 7.07. The smallest absolute Gasteiger partial charge is 0.411 e. The predicted molar refractivity (Wildman–Crippen MR) is 92.4 cm³/mol. The molecule has 0 bridgehead atoms. The number of esters is 2. The van der Waals surface area contributed by atoms with Crippen LogP contribution in [0, 0.1) is 5.41 Å². The molecule has 1 amide bonds. The molecule has 1 aliphatic rings. The molecule has 1 N–H and O–H groups in total. The zero-order chi connectivity index (χ0) is 20.1. The van der Waals surface area contributed by atoms with E-state index < -0.39 is 48.0 Å². The van der Waals surface area contributed by atoms with Gasteiger partial charge in [-0.1, -0.05) is 16.8 Å². The average molecular weight is 393 g/mol. The van der Waals surface area contributed by atoms with Crippen LogP contribution >= 0.6 is 11.6 Å². The summed E-state index contributed by atoms with van der Waals surface area (Å²) in [5.74, 6) is -1.25. The van der Waals surface area contributed by atoms with Crippen molar-refractivity contribution >= 4 is 34.8 Å². The van der Waals surface area contributed by atoms with Crippen LogP contribution < -0.4 is 5.32 Å². The zero-order valence-electron chi connectivity index (χ0n) is 15.7. The molecular weight excluding hydrogens is 368 g/mol. The lowest BCUT2D eigenvalue weighted by atomic mass is 9.97. The van der Waals surface area contributed by atoms with Crippen molar-refractivity contribution in [3.05, 3.63) is 0 Å². The van der Waals surface area contributed by atoms with Crippen LogP contribution in [0.25, 0.3) is 0 Å². The van der Waals surface area contributed by atoms with Gasteiger partial charge < -0.3 is 24.4 Å². The second kappa shape index (κ2) is 9.07. The molecule has 1 aliphatic heterocycles. The lowest BCUT2D eigenvalue weighted by Crippen LogP contribution is -2.51. The Kier molecular flexibility index (Phi) is 7.68. The van der Waals surface area contributed by atoms with Crippen molar-refractivity contribution in [3.8, 4) is 0 Å². The first kappa shape index (κ1) is 22.0. The number of carbonyl (C=O) groups is 3. The molecule has 148 valence electrons. The van der Waals surface area contributed by atoms with Gasteiger partial charge in [0.1, 0.15) is 5.17 Å². The van der Waals surface area contributed by atoms with Crippen molar-refractivity contribution in [1.29, 1.82) is 0 Å². The van der Waals surface area contributed by atoms with Crippen LogP contribution in [0.1, 0.15) is 48.0 Å². The van der Waals surface area contributed by atoms with Gasteiger partial charge in [-0.05, 0) is 34.6 Å². The lowest BCUT2D eigenvalue weighted by molar-refractivity contribution is -0.175. The van der Waals surface area contributed by atoms with E-state index in [1.807, 2.05) is 0 Å². The van der Waals surface area contributed by atoms with E-state index in [4.69, 9.17) is 30.6 Å². The van der Waals surface area contributed by atoms with E-state index in [0.29, 0.717) is 0 Å². The Morgan fingerprint density at radius 3 is 2.27 bits per heavy atom. The molecule has 3 atom stereocenters. The Hall–Kier alpha value is -2.03. The fourth-order valence-corrected chi connectivity index (χ4v) is 2.01. The van der Waals surface area contributed by atoms with E-state index in [1.165, 1.54) is 6.92 Å². The average Bonchev–Trinajstić information content (AvgIpc) is 2.88. The number of rotatable bonds is 6. The van der Waals surface area contributed by atoms with Gasteiger partial charge in [-0.15, -0.1) is 0 Å². The van der Waals surface area contributed by atoms with Gasteiger partial charge in [-0.25, -0.2) is 9.59 Å². The third-order valence-electron chi connectivity index (χ3n) is 3.07. The molecule has 0 saturated carbocycles. The number of hydrogen-bond donors (Lipinski definition) is 1. The first-order valence-corrected chi connectivity index (χ1v) is 8.55. The SMILES string of the molecule is CC(C)OC(=O)C(NC(=O)OC(C)OC(=O)C(C)(C)C)C1CC(Cl)=NO1. The number of ether oxygens (including phenoxy) is 3. The molecule has 0 aromatic rings. The molecule has 0 aromatic carbocycles. The van der Waals surface area contributed by atoms with Crippen molar-refractivity contribution in [1.82, 2.24) is 5.32 Å². The molecule has 0 radical (unpaired) electrons. The molecular formula is C16H25ClN2O7. The summed E-state index contributed by atoms with van der Waals surface area (Å²) in [7, 11) is 0.